The van der Waals surface area contributed by atoms with Gasteiger partial charge in [0.05, 0.1) is 12.3 Å². The van der Waals surface area contributed by atoms with Crippen LogP contribution in [0.25, 0.3) is 0 Å². The lowest BCUT2D eigenvalue weighted by atomic mass is 9.92. The van der Waals surface area contributed by atoms with Crippen molar-refractivity contribution in [3.8, 4) is 5.75 Å². The van der Waals surface area contributed by atoms with Crippen molar-refractivity contribution in [2.24, 2.45) is 5.41 Å². The molecule has 3 nitrogen and oxygen atoms in total. The van der Waals surface area contributed by atoms with E-state index in [9.17, 15) is 4.79 Å². The lowest BCUT2D eigenvalue weighted by Crippen LogP contribution is -2.20. The Morgan fingerprint density at radius 1 is 1.24 bits per heavy atom. The predicted molar refractivity (Wildman–Crippen MR) is 88.9 cm³/mol. The van der Waals surface area contributed by atoms with Gasteiger partial charge in [-0.1, -0.05) is 52.7 Å². The Bertz CT molecular complexity index is 461. The fourth-order valence-corrected chi connectivity index (χ4v) is 2.14. The van der Waals surface area contributed by atoms with Crippen LogP contribution < -0.4 is 10.1 Å². The summed E-state index contributed by atoms with van der Waals surface area (Å²) in [5.41, 5.74) is 1.82. The maximum atomic E-state index is 12.1. The van der Waals surface area contributed by atoms with E-state index < -0.39 is 0 Å². The number of amides is 1. The van der Waals surface area contributed by atoms with Gasteiger partial charge in [-0.3, -0.25) is 4.79 Å². The summed E-state index contributed by atoms with van der Waals surface area (Å²) in [5.74, 6) is 0.836. The number of carbonyl (C=O) groups is 1. The van der Waals surface area contributed by atoms with Crippen LogP contribution in [0.2, 0.25) is 0 Å². The Labute approximate surface area is 129 Å². The minimum atomic E-state index is -0.0178. The second kappa shape index (κ2) is 8.06. The van der Waals surface area contributed by atoms with Gasteiger partial charge in [-0.05, 0) is 30.4 Å². The fraction of sp³-hybridized carbons (Fsp3) is 0.611. The molecule has 0 bridgehead atoms. The molecule has 0 aliphatic rings. The normalized spacial score (nSPS) is 11.3. The van der Waals surface area contributed by atoms with Crippen molar-refractivity contribution in [3.05, 3.63) is 23.8 Å². The molecule has 0 saturated heterocycles. The zero-order valence-electron chi connectivity index (χ0n) is 14.1. The van der Waals surface area contributed by atoms with Gasteiger partial charge in [0.15, 0.2) is 0 Å². The van der Waals surface area contributed by atoms with Crippen molar-refractivity contribution in [2.75, 3.05) is 11.9 Å². The van der Waals surface area contributed by atoms with Gasteiger partial charge in [-0.15, -0.1) is 0 Å². The maximum Gasteiger partial charge on any atom is 0.224 e. The lowest BCUT2D eigenvalue weighted by molar-refractivity contribution is -0.117. The Hall–Kier alpha value is -1.51. The van der Waals surface area contributed by atoms with Crippen molar-refractivity contribution in [1.82, 2.24) is 0 Å². The van der Waals surface area contributed by atoms with Gasteiger partial charge in [0, 0.05) is 6.42 Å². The summed E-state index contributed by atoms with van der Waals surface area (Å²) >= 11 is 0. The molecule has 1 aromatic rings. The van der Waals surface area contributed by atoms with Crippen LogP contribution in [-0.4, -0.2) is 12.5 Å². The smallest absolute Gasteiger partial charge is 0.224 e. The number of unbranched alkanes of at least 4 members (excludes halogenated alkanes) is 2. The monoisotopic (exact) mass is 291 g/mol. The minimum absolute atomic E-state index is 0.0178. The third-order valence-electron chi connectivity index (χ3n) is 3.17. The first-order chi connectivity index (χ1) is 9.83. The standard InChI is InChI=1S/C18H29NO2/c1-6-7-8-12-21-17-14(2)10-9-11-15(17)19-16(20)13-18(3,4)5/h9-11H,6-8,12-13H2,1-5H3,(H,19,20). The average molecular weight is 291 g/mol. The topological polar surface area (TPSA) is 38.3 Å². The van der Waals surface area contributed by atoms with Crippen LogP contribution in [0.3, 0.4) is 0 Å². The molecule has 0 aromatic heterocycles. The van der Waals surface area contributed by atoms with E-state index in [4.69, 9.17) is 4.74 Å². The van der Waals surface area contributed by atoms with E-state index in [1.165, 1.54) is 6.42 Å². The zero-order valence-corrected chi connectivity index (χ0v) is 14.1. The summed E-state index contributed by atoms with van der Waals surface area (Å²) in [4.78, 5) is 12.1. The number of nitrogens with one attached hydrogen (secondary N) is 1. The number of carbonyl (C=O) groups excluding carboxylic acids is 1. The number of para-hydroxylation sites is 1. The van der Waals surface area contributed by atoms with Crippen LogP contribution in [-0.2, 0) is 4.79 Å². The van der Waals surface area contributed by atoms with Crippen LogP contribution >= 0.6 is 0 Å². The molecule has 0 aliphatic heterocycles. The molecule has 1 amide bonds. The number of benzene rings is 1. The third kappa shape index (κ3) is 6.65. The van der Waals surface area contributed by atoms with Gasteiger partial charge >= 0.3 is 0 Å². The van der Waals surface area contributed by atoms with Crippen molar-refractivity contribution < 1.29 is 9.53 Å². The number of aryl methyl sites for hydroxylation is 1. The van der Waals surface area contributed by atoms with Gasteiger partial charge in [-0.2, -0.15) is 0 Å². The number of ether oxygens (including phenoxy) is 1. The van der Waals surface area contributed by atoms with Gasteiger partial charge in [0.25, 0.3) is 0 Å². The molecule has 1 rings (SSSR count). The molecule has 0 atom stereocenters. The van der Waals surface area contributed by atoms with Crippen LogP contribution in [0.4, 0.5) is 5.69 Å². The summed E-state index contributed by atoms with van der Waals surface area (Å²) in [6.07, 6.45) is 3.88. The molecule has 118 valence electrons. The third-order valence-corrected chi connectivity index (χ3v) is 3.17. The van der Waals surface area contributed by atoms with Crippen LogP contribution in [0.1, 0.15) is 58.9 Å². The first kappa shape index (κ1) is 17.5. The van der Waals surface area contributed by atoms with Crippen molar-refractivity contribution in [2.45, 2.75) is 60.3 Å². The van der Waals surface area contributed by atoms with Crippen LogP contribution in [0, 0.1) is 12.3 Å². The zero-order chi connectivity index (χ0) is 15.9. The highest BCUT2D eigenvalue weighted by molar-refractivity contribution is 5.92. The molecule has 0 saturated carbocycles. The van der Waals surface area contributed by atoms with Gasteiger partial charge in [0.1, 0.15) is 5.75 Å². The van der Waals surface area contributed by atoms with Gasteiger partial charge in [-0.25, -0.2) is 0 Å². The van der Waals surface area contributed by atoms with E-state index in [1.807, 2.05) is 25.1 Å². The van der Waals surface area contributed by atoms with Crippen LogP contribution in [0.15, 0.2) is 18.2 Å². The molecule has 0 radical (unpaired) electrons. The number of rotatable bonds is 7. The molecule has 0 fully saturated rings. The molecule has 1 N–H and O–H groups in total. The first-order valence-electron chi connectivity index (χ1n) is 7.86. The highest BCUT2D eigenvalue weighted by Crippen LogP contribution is 2.29. The van der Waals surface area contributed by atoms with Crippen molar-refractivity contribution >= 4 is 11.6 Å². The maximum absolute atomic E-state index is 12.1. The number of hydrogen-bond donors (Lipinski definition) is 1. The molecule has 1 aromatic carbocycles. The molecular formula is C18H29NO2. The van der Waals surface area contributed by atoms with Gasteiger partial charge in [0.2, 0.25) is 5.91 Å². The molecule has 0 spiro atoms. The highest BCUT2D eigenvalue weighted by atomic mass is 16.5. The molecule has 0 heterocycles. The highest BCUT2D eigenvalue weighted by Gasteiger charge is 2.17. The molecule has 3 heteroatoms. The quantitative estimate of drug-likeness (QED) is 0.723. The Morgan fingerprint density at radius 3 is 2.57 bits per heavy atom. The molecule has 0 unspecified atom stereocenters. The molecule has 0 aliphatic carbocycles. The fourth-order valence-electron chi connectivity index (χ4n) is 2.14. The minimum Gasteiger partial charge on any atom is -0.491 e. The predicted octanol–water partition coefficient (Wildman–Crippen LogP) is 4.94. The summed E-state index contributed by atoms with van der Waals surface area (Å²) < 4.78 is 5.89. The Morgan fingerprint density at radius 2 is 1.95 bits per heavy atom. The Balaban J connectivity index is 2.72. The number of anilines is 1. The molecule has 21 heavy (non-hydrogen) atoms. The SMILES string of the molecule is CCCCCOc1c(C)cccc1NC(=O)CC(C)(C)C. The van der Waals surface area contributed by atoms with E-state index in [0.29, 0.717) is 13.0 Å². The summed E-state index contributed by atoms with van der Waals surface area (Å²) in [6, 6.07) is 5.86. The second-order valence-electron chi connectivity index (χ2n) is 6.79. The van der Waals surface area contributed by atoms with E-state index in [1.54, 1.807) is 0 Å². The van der Waals surface area contributed by atoms with Crippen molar-refractivity contribution in [1.29, 1.82) is 0 Å². The van der Waals surface area contributed by atoms with Crippen LogP contribution in [0.5, 0.6) is 5.75 Å². The van der Waals surface area contributed by atoms with E-state index in [-0.39, 0.29) is 11.3 Å². The summed E-state index contributed by atoms with van der Waals surface area (Å²) in [6.45, 7) is 11.1. The van der Waals surface area contributed by atoms with Crippen molar-refractivity contribution in [3.63, 3.8) is 0 Å². The van der Waals surface area contributed by atoms with E-state index >= 15 is 0 Å². The lowest BCUT2D eigenvalue weighted by Gasteiger charge is -2.19. The largest absolute Gasteiger partial charge is 0.491 e. The van der Waals surface area contributed by atoms with Gasteiger partial charge < -0.3 is 10.1 Å². The summed E-state index contributed by atoms with van der Waals surface area (Å²) in [5, 5.41) is 2.98. The number of hydrogen-bond acceptors (Lipinski definition) is 2. The van der Waals surface area contributed by atoms with E-state index in [2.05, 4.69) is 33.0 Å². The second-order valence-corrected chi connectivity index (χ2v) is 6.79. The van der Waals surface area contributed by atoms with E-state index in [0.717, 1.165) is 29.8 Å². The summed E-state index contributed by atoms with van der Waals surface area (Å²) in [7, 11) is 0. The first-order valence-corrected chi connectivity index (χ1v) is 7.86. The average Bonchev–Trinajstić information content (AvgIpc) is 2.35. The molecular weight excluding hydrogens is 262 g/mol. The Kier molecular flexibility index (Phi) is 6.73.